The highest BCUT2D eigenvalue weighted by atomic mass is 19.3. The van der Waals surface area contributed by atoms with Crippen molar-refractivity contribution in [3.8, 4) is 0 Å². The fourth-order valence-electron chi connectivity index (χ4n) is 3.95. The SMILES string of the molecule is CCCc1ccc(C2CCC(c3ccc(CC)c(C(F)F)c3F)OC2)cc1. The van der Waals surface area contributed by atoms with Gasteiger partial charge >= 0.3 is 0 Å². The second kappa shape index (κ2) is 8.92. The molecule has 1 aliphatic heterocycles. The first-order valence-corrected chi connectivity index (χ1v) is 9.84. The fourth-order valence-corrected chi connectivity index (χ4v) is 3.95. The second-order valence-electron chi connectivity index (χ2n) is 7.28. The predicted molar refractivity (Wildman–Crippen MR) is 102 cm³/mol. The van der Waals surface area contributed by atoms with Gasteiger partial charge in [0.2, 0.25) is 0 Å². The van der Waals surface area contributed by atoms with Crippen molar-refractivity contribution in [2.24, 2.45) is 0 Å². The van der Waals surface area contributed by atoms with Crippen molar-refractivity contribution in [3.05, 3.63) is 70.0 Å². The maximum Gasteiger partial charge on any atom is 0.266 e. The molecule has 1 aliphatic rings. The van der Waals surface area contributed by atoms with Crippen molar-refractivity contribution in [1.82, 2.24) is 0 Å². The summed E-state index contributed by atoms with van der Waals surface area (Å²) >= 11 is 0. The zero-order valence-corrected chi connectivity index (χ0v) is 16.0. The summed E-state index contributed by atoms with van der Waals surface area (Å²) in [5.41, 5.74) is 2.72. The maximum atomic E-state index is 14.7. The summed E-state index contributed by atoms with van der Waals surface area (Å²) in [7, 11) is 0. The molecule has 0 spiro atoms. The first kappa shape index (κ1) is 19.9. The normalized spacial score (nSPS) is 20.2. The van der Waals surface area contributed by atoms with E-state index >= 15 is 0 Å². The summed E-state index contributed by atoms with van der Waals surface area (Å²) < 4.78 is 47.3. The van der Waals surface area contributed by atoms with Gasteiger partial charge in [-0.15, -0.1) is 0 Å². The molecule has 2 atom stereocenters. The Labute approximate surface area is 159 Å². The Morgan fingerprint density at radius 2 is 1.78 bits per heavy atom. The summed E-state index contributed by atoms with van der Waals surface area (Å²) in [6.45, 7) is 4.40. The van der Waals surface area contributed by atoms with Crippen molar-refractivity contribution in [3.63, 3.8) is 0 Å². The molecule has 1 saturated heterocycles. The van der Waals surface area contributed by atoms with Crippen LogP contribution in [0, 0.1) is 5.82 Å². The number of rotatable bonds is 6. The molecule has 2 aromatic carbocycles. The van der Waals surface area contributed by atoms with Crippen LogP contribution in [0.3, 0.4) is 0 Å². The zero-order valence-electron chi connectivity index (χ0n) is 16.0. The molecule has 0 radical (unpaired) electrons. The van der Waals surface area contributed by atoms with Crippen molar-refractivity contribution < 1.29 is 17.9 Å². The molecular weight excluding hydrogens is 349 g/mol. The lowest BCUT2D eigenvalue weighted by molar-refractivity contribution is 0.00000902. The van der Waals surface area contributed by atoms with Crippen LogP contribution in [0.1, 0.15) is 79.4 Å². The van der Waals surface area contributed by atoms with E-state index in [0.29, 0.717) is 25.0 Å². The highest BCUT2D eigenvalue weighted by Crippen LogP contribution is 2.39. The van der Waals surface area contributed by atoms with Gasteiger partial charge in [0.15, 0.2) is 0 Å². The van der Waals surface area contributed by atoms with Gasteiger partial charge in [0.25, 0.3) is 6.43 Å². The Bertz CT molecular complexity index is 747. The molecular formula is C23H27F3O. The van der Waals surface area contributed by atoms with Gasteiger partial charge in [-0.25, -0.2) is 13.2 Å². The van der Waals surface area contributed by atoms with Crippen LogP contribution in [-0.4, -0.2) is 6.61 Å². The van der Waals surface area contributed by atoms with Crippen molar-refractivity contribution in [2.45, 2.75) is 64.4 Å². The lowest BCUT2D eigenvalue weighted by atomic mass is 9.88. The molecule has 0 bridgehead atoms. The second-order valence-corrected chi connectivity index (χ2v) is 7.28. The van der Waals surface area contributed by atoms with E-state index in [1.54, 1.807) is 19.1 Å². The van der Waals surface area contributed by atoms with Gasteiger partial charge in [0.1, 0.15) is 5.82 Å². The van der Waals surface area contributed by atoms with Crippen LogP contribution in [-0.2, 0) is 17.6 Å². The lowest BCUT2D eigenvalue weighted by Gasteiger charge is -2.30. The molecule has 2 unspecified atom stereocenters. The fraction of sp³-hybridized carbons (Fsp3) is 0.478. The number of benzene rings is 2. The zero-order chi connectivity index (χ0) is 19.4. The highest BCUT2D eigenvalue weighted by molar-refractivity contribution is 5.36. The van der Waals surface area contributed by atoms with Crippen LogP contribution in [0.4, 0.5) is 13.2 Å². The Balaban J connectivity index is 1.71. The van der Waals surface area contributed by atoms with Gasteiger partial charge in [0.05, 0.1) is 18.3 Å². The minimum absolute atomic E-state index is 0.263. The van der Waals surface area contributed by atoms with Gasteiger partial charge in [0, 0.05) is 11.5 Å². The third-order valence-electron chi connectivity index (χ3n) is 5.51. The van der Waals surface area contributed by atoms with E-state index in [2.05, 4.69) is 31.2 Å². The number of halogens is 3. The largest absolute Gasteiger partial charge is 0.373 e. The molecule has 0 amide bonds. The standard InChI is InChI=1S/C23H27F3O/c1-3-5-15-6-8-17(9-7-15)18-11-13-20(27-14-18)19-12-10-16(4-2)21(22(19)24)23(25)26/h6-10,12,18,20,23H,3-5,11,13-14H2,1-2H3. The predicted octanol–water partition coefficient (Wildman–Crippen LogP) is 6.91. The number of hydrogen-bond donors (Lipinski definition) is 0. The summed E-state index contributed by atoms with van der Waals surface area (Å²) in [5.74, 6) is -0.527. The monoisotopic (exact) mass is 376 g/mol. The minimum Gasteiger partial charge on any atom is -0.373 e. The molecule has 0 aliphatic carbocycles. The molecule has 1 heterocycles. The first-order chi connectivity index (χ1) is 13.0. The van der Waals surface area contributed by atoms with Crippen LogP contribution in [0.2, 0.25) is 0 Å². The van der Waals surface area contributed by atoms with Crippen molar-refractivity contribution in [1.29, 1.82) is 0 Å². The molecule has 3 rings (SSSR count). The van der Waals surface area contributed by atoms with E-state index in [4.69, 9.17) is 4.74 Å². The van der Waals surface area contributed by atoms with Crippen LogP contribution in [0.5, 0.6) is 0 Å². The Hall–Kier alpha value is -1.81. The summed E-state index contributed by atoms with van der Waals surface area (Å²) in [4.78, 5) is 0. The summed E-state index contributed by atoms with van der Waals surface area (Å²) in [6.07, 6.45) is 0.809. The molecule has 1 nitrogen and oxygen atoms in total. The van der Waals surface area contributed by atoms with Gasteiger partial charge in [-0.3, -0.25) is 0 Å². The molecule has 0 aromatic heterocycles. The van der Waals surface area contributed by atoms with Gasteiger partial charge in [-0.2, -0.15) is 0 Å². The number of aryl methyl sites for hydroxylation is 2. The van der Waals surface area contributed by atoms with Crippen molar-refractivity contribution >= 4 is 0 Å². The van der Waals surface area contributed by atoms with Crippen LogP contribution in [0.25, 0.3) is 0 Å². The quantitative estimate of drug-likeness (QED) is 0.532. The van der Waals surface area contributed by atoms with E-state index in [1.165, 1.54) is 11.1 Å². The van der Waals surface area contributed by atoms with E-state index < -0.39 is 23.9 Å². The van der Waals surface area contributed by atoms with Gasteiger partial charge in [-0.05, 0) is 42.4 Å². The average Bonchev–Trinajstić information content (AvgIpc) is 2.68. The topological polar surface area (TPSA) is 9.23 Å². The lowest BCUT2D eigenvalue weighted by Crippen LogP contribution is -2.20. The Kier molecular flexibility index (Phi) is 6.59. The Morgan fingerprint density at radius 3 is 2.33 bits per heavy atom. The minimum atomic E-state index is -2.81. The number of ether oxygens (including phenoxy) is 1. The number of alkyl halides is 2. The third-order valence-corrected chi connectivity index (χ3v) is 5.51. The van der Waals surface area contributed by atoms with E-state index in [9.17, 15) is 13.2 Å². The molecule has 4 heteroatoms. The van der Waals surface area contributed by atoms with E-state index in [0.717, 1.165) is 19.3 Å². The first-order valence-electron chi connectivity index (χ1n) is 9.84. The van der Waals surface area contributed by atoms with E-state index in [-0.39, 0.29) is 11.5 Å². The van der Waals surface area contributed by atoms with Gasteiger partial charge in [-0.1, -0.05) is 56.7 Å². The summed E-state index contributed by atoms with van der Waals surface area (Å²) in [5, 5.41) is 0. The molecule has 27 heavy (non-hydrogen) atoms. The van der Waals surface area contributed by atoms with Crippen LogP contribution < -0.4 is 0 Å². The Morgan fingerprint density at radius 1 is 1.04 bits per heavy atom. The third kappa shape index (κ3) is 4.37. The summed E-state index contributed by atoms with van der Waals surface area (Å²) in [6, 6.07) is 11.8. The number of hydrogen-bond acceptors (Lipinski definition) is 1. The molecule has 2 aromatic rings. The molecule has 146 valence electrons. The highest BCUT2D eigenvalue weighted by Gasteiger charge is 2.29. The van der Waals surface area contributed by atoms with Crippen LogP contribution >= 0.6 is 0 Å². The smallest absolute Gasteiger partial charge is 0.266 e. The van der Waals surface area contributed by atoms with E-state index in [1.807, 2.05) is 0 Å². The molecule has 0 N–H and O–H groups in total. The maximum absolute atomic E-state index is 14.7. The van der Waals surface area contributed by atoms with Gasteiger partial charge < -0.3 is 4.74 Å². The van der Waals surface area contributed by atoms with Crippen LogP contribution in [0.15, 0.2) is 36.4 Å². The molecule has 1 fully saturated rings. The molecule has 0 saturated carbocycles. The average molecular weight is 376 g/mol. The van der Waals surface area contributed by atoms with Crippen molar-refractivity contribution in [2.75, 3.05) is 6.61 Å².